The highest BCUT2D eigenvalue weighted by molar-refractivity contribution is 6.40. The van der Waals surface area contributed by atoms with Crippen LogP contribution in [0, 0.1) is 0 Å². The standard InChI is InChI=1S/C9H7Cl3N4O2/c10-3-1-4(11)6(5(12)2-3)17-9-16-15-7(13)8(14)18-9/h1-2,15H,13-14H2. The molecule has 1 heterocycles. The summed E-state index contributed by atoms with van der Waals surface area (Å²) in [6.07, 6.45) is -0.187. The van der Waals surface area contributed by atoms with Crippen LogP contribution in [-0.2, 0) is 4.74 Å². The van der Waals surface area contributed by atoms with Crippen LogP contribution in [-0.4, -0.2) is 6.08 Å². The van der Waals surface area contributed by atoms with E-state index in [0.717, 1.165) is 0 Å². The smallest absolute Gasteiger partial charge is 0.407 e. The Hall–Kier alpha value is -1.50. The number of benzene rings is 1. The lowest BCUT2D eigenvalue weighted by atomic mass is 10.3. The summed E-state index contributed by atoms with van der Waals surface area (Å²) in [6, 6.07) is 2.93. The van der Waals surface area contributed by atoms with Crippen LogP contribution in [0.1, 0.15) is 0 Å². The van der Waals surface area contributed by atoms with Gasteiger partial charge in [0.2, 0.25) is 5.88 Å². The van der Waals surface area contributed by atoms with E-state index in [2.05, 4.69) is 10.5 Å². The van der Waals surface area contributed by atoms with Crippen LogP contribution < -0.4 is 21.6 Å². The second-order valence-corrected chi connectivity index (χ2v) is 4.42. The molecule has 0 fully saturated rings. The summed E-state index contributed by atoms with van der Waals surface area (Å²) >= 11 is 17.6. The summed E-state index contributed by atoms with van der Waals surface area (Å²) in [5, 5.41) is 4.47. The molecule has 1 aliphatic heterocycles. The zero-order valence-electron chi connectivity index (χ0n) is 8.71. The van der Waals surface area contributed by atoms with Crippen LogP contribution in [0.5, 0.6) is 5.75 Å². The van der Waals surface area contributed by atoms with E-state index in [1.54, 1.807) is 0 Å². The number of hydrogen-bond donors (Lipinski definition) is 3. The Morgan fingerprint density at radius 2 is 1.78 bits per heavy atom. The maximum absolute atomic E-state index is 5.93. The monoisotopic (exact) mass is 308 g/mol. The third-order valence-electron chi connectivity index (χ3n) is 1.88. The van der Waals surface area contributed by atoms with Gasteiger partial charge in [0.25, 0.3) is 0 Å². The van der Waals surface area contributed by atoms with E-state index in [4.69, 9.17) is 55.7 Å². The summed E-state index contributed by atoms with van der Waals surface area (Å²) in [6.45, 7) is 0. The molecule has 0 saturated carbocycles. The van der Waals surface area contributed by atoms with Gasteiger partial charge in [0.1, 0.15) is 0 Å². The Bertz CT molecular complexity index is 536. The summed E-state index contributed by atoms with van der Waals surface area (Å²) in [5.41, 5.74) is 13.3. The maximum Gasteiger partial charge on any atom is 0.418 e. The van der Waals surface area contributed by atoms with Gasteiger partial charge in [-0.05, 0) is 12.1 Å². The van der Waals surface area contributed by atoms with Gasteiger partial charge in [-0.25, -0.2) is 0 Å². The lowest BCUT2D eigenvalue weighted by Gasteiger charge is -2.16. The molecule has 0 amide bonds. The van der Waals surface area contributed by atoms with Gasteiger partial charge in [-0.2, -0.15) is 0 Å². The fourth-order valence-electron chi connectivity index (χ4n) is 1.09. The van der Waals surface area contributed by atoms with Crippen molar-refractivity contribution in [2.45, 2.75) is 0 Å². The fraction of sp³-hybridized carbons (Fsp3) is 0. The summed E-state index contributed by atoms with van der Waals surface area (Å²) in [7, 11) is 0. The zero-order chi connectivity index (χ0) is 13.3. The second-order valence-electron chi connectivity index (χ2n) is 3.17. The molecule has 0 atom stereocenters. The van der Waals surface area contributed by atoms with Crippen LogP contribution in [0.25, 0.3) is 0 Å². The van der Waals surface area contributed by atoms with Crippen molar-refractivity contribution in [2.24, 2.45) is 16.6 Å². The van der Waals surface area contributed by atoms with Gasteiger partial charge in [0.15, 0.2) is 11.6 Å². The van der Waals surface area contributed by atoms with Crippen molar-refractivity contribution in [1.29, 1.82) is 0 Å². The van der Waals surface area contributed by atoms with Gasteiger partial charge >= 0.3 is 6.08 Å². The maximum atomic E-state index is 5.93. The van der Waals surface area contributed by atoms with Crippen LogP contribution >= 0.6 is 34.8 Å². The molecule has 0 aliphatic carbocycles. The quantitative estimate of drug-likeness (QED) is 0.737. The highest BCUT2D eigenvalue weighted by atomic mass is 35.5. The van der Waals surface area contributed by atoms with E-state index in [1.807, 2.05) is 0 Å². The number of hydrogen-bond acceptors (Lipinski definition) is 6. The topological polar surface area (TPSA) is 94.9 Å². The molecule has 0 spiro atoms. The molecule has 2 rings (SSSR count). The van der Waals surface area contributed by atoms with Crippen LogP contribution in [0.3, 0.4) is 0 Å². The molecule has 0 saturated heterocycles. The Kier molecular flexibility index (Phi) is 3.60. The van der Waals surface area contributed by atoms with Crippen molar-refractivity contribution in [3.8, 4) is 5.75 Å². The number of rotatable bonds is 1. The Balaban J connectivity index is 2.21. The van der Waals surface area contributed by atoms with Gasteiger partial charge in [-0.1, -0.05) is 39.9 Å². The Labute approximate surface area is 117 Å². The van der Waals surface area contributed by atoms with E-state index < -0.39 is 0 Å². The lowest BCUT2D eigenvalue weighted by molar-refractivity contribution is 0.282. The summed E-state index contributed by atoms with van der Waals surface area (Å²) in [5.74, 6) is 0.161. The largest absolute Gasteiger partial charge is 0.418 e. The van der Waals surface area contributed by atoms with Gasteiger partial charge in [-0.15, -0.1) is 0 Å². The van der Waals surface area contributed by atoms with Crippen molar-refractivity contribution in [2.75, 3.05) is 0 Å². The predicted molar refractivity (Wildman–Crippen MR) is 69.2 cm³/mol. The molecule has 6 nitrogen and oxygen atoms in total. The van der Waals surface area contributed by atoms with Crippen LogP contribution in [0.15, 0.2) is 28.9 Å². The minimum atomic E-state index is -0.187. The molecule has 1 aromatic carbocycles. The molecule has 18 heavy (non-hydrogen) atoms. The van der Waals surface area contributed by atoms with Crippen molar-refractivity contribution in [1.82, 2.24) is 5.43 Å². The van der Waals surface area contributed by atoms with Gasteiger partial charge in [0, 0.05) is 5.02 Å². The van der Waals surface area contributed by atoms with Gasteiger partial charge in [0.05, 0.1) is 10.0 Å². The molecule has 0 radical (unpaired) electrons. The molecule has 96 valence electrons. The zero-order valence-corrected chi connectivity index (χ0v) is 11.0. The van der Waals surface area contributed by atoms with Crippen molar-refractivity contribution < 1.29 is 9.47 Å². The van der Waals surface area contributed by atoms with E-state index in [-0.39, 0.29) is 33.6 Å². The van der Waals surface area contributed by atoms with Crippen molar-refractivity contribution >= 4 is 40.9 Å². The molecule has 1 aliphatic rings. The van der Waals surface area contributed by atoms with E-state index >= 15 is 0 Å². The first-order valence-corrected chi connectivity index (χ1v) is 5.70. The number of nitrogens with zero attached hydrogens (tertiary/aromatic N) is 1. The first-order valence-electron chi connectivity index (χ1n) is 4.56. The minimum absolute atomic E-state index is 0.0683. The number of halogens is 3. The lowest BCUT2D eigenvalue weighted by Crippen LogP contribution is -2.32. The predicted octanol–water partition coefficient (Wildman–Crippen LogP) is 1.96. The third kappa shape index (κ3) is 2.66. The third-order valence-corrected chi connectivity index (χ3v) is 2.66. The minimum Gasteiger partial charge on any atom is -0.407 e. The molecule has 1 aromatic rings. The average Bonchev–Trinajstić information content (AvgIpc) is 2.28. The first-order chi connectivity index (χ1) is 8.47. The summed E-state index contributed by atoms with van der Waals surface area (Å²) < 4.78 is 10.3. The molecule has 0 aromatic heterocycles. The fourth-order valence-corrected chi connectivity index (χ4v) is 1.98. The highest BCUT2D eigenvalue weighted by Gasteiger charge is 2.18. The molecule has 5 N–H and O–H groups in total. The van der Waals surface area contributed by atoms with Crippen LogP contribution in [0.2, 0.25) is 15.1 Å². The SMILES string of the molecule is NC1=C(N)OC(Oc2c(Cl)cc(Cl)cc2Cl)=NN1. The van der Waals surface area contributed by atoms with Crippen LogP contribution in [0.4, 0.5) is 0 Å². The van der Waals surface area contributed by atoms with E-state index in [0.29, 0.717) is 5.02 Å². The Morgan fingerprint density at radius 3 is 2.33 bits per heavy atom. The molecular formula is C9H7Cl3N4O2. The van der Waals surface area contributed by atoms with Gasteiger partial charge < -0.3 is 20.9 Å². The average molecular weight is 310 g/mol. The number of nitrogens with one attached hydrogen (secondary N) is 1. The number of ether oxygens (including phenoxy) is 2. The van der Waals surface area contributed by atoms with Gasteiger partial charge in [-0.3, -0.25) is 5.43 Å². The first kappa shape index (κ1) is 12.9. The second kappa shape index (κ2) is 5.01. The normalized spacial score (nSPS) is 14.7. The Morgan fingerprint density at radius 1 is 1.17 bits per heavy atom. The van der Waals surface area contributed by atoms with E-state index in [9.17, 15) is 0 Å². The number of nitrogens with two attached hydrogens (primary N) is 2. The van der Waals surface area contributed by atoms with Crippen molar-refractivity contribution in [3.63, 3.8) is 0 Å². The highest BCUT2D eigenvalue weighted by Crippen LogP contribution is 2.36. The summed E-state index contributed by atoms with van der Waals surface area (Å²) in [4.78, 5) is 0. The molecule has 9 heteroatoms. The molecule has 0 unspecified atom stereocenters. The molecular weight excluding hydrogens is 302 g/mol. The molecule has 0 bridgehead atoms. The van der Waals surface area contributed by atoms with E-state index in [1.165, 1.54) is 12.1 Å². The van der Waals surface area contributed by atoms with Crippen molar-refractivity contribution in [3.05, 3.63) is 38.9 Å². The number of hydrazone groups is 1.